The van der Waals surface area contributed by atoms with Crippen molar-refractivity contribution in [3.05, 3.63) is 40.9 Å². The Morgan fingerprint density at radius 2 is 1.52 bits per heavy atom. The highest BCUT2D eigenvalue weighted by Gasteiger charge is 2.52. The zero-order valence-electron chi connectivity index (χ0n) is 15.6. The predicted molar refractivity (Wildman–Crippen MR) is 98.3 cm³/mol. The molecule has 0 bridgehead atoms. The highest BCUT2D eigenvalue weighted by molar-refractivity contribution is 6.55. The van der Waals surface area contributed by atoms with E-state index in [0.717, 1.165) is 11.0 Å². The number of hydrogen-bond acceptors (Lipinski definition) is 3. The summed E-state index contributed by atoms with van der Waals surface area (Å²) in [6.07, 6.45) is 2.08. The molecular formula is C19H30BNO2. The summed E-state index contributed by atoms with van der Waals surface area (Å²) in [4.78, 5) is 0. The van der Waals surface area contributed by atoms with Gasteiger partial charge in [0.2, 0.25) is 0 Å². The first-order valence-corrected chi connectivity index (χ1v) is 8.33. The van der Waals surface area contributed by atoms with Gasteiger partial charge in [0.05, 0.1) is 11.2 Å². The Labute approximate surface area is 141 Å². The molecule has 0 saturated carbocycles. The SMILES string of the molecule is CC(C)(C)c1ccc(C=C(CN)B2OC(C)(C)C(C)(C)O2)cc1. The van der Waals surface area contributed by atoms with Gasteiger partial charge in [-0.05, 0) is 49.7 Å². The van der Waals surface area contributed by atoms with Gasteiger partial charge in [0.25, 0.3) is 0 Å². The summed E-state index contributed by atoms with van der Waals surface area (Å²) in [7, 11) is -0.382. The average Bonchev–Trinajstić information content (AvgIpc) is 2.64. The molecule has 3 nitrogen and oxygen atoms in total. The standard InChI is InChI=1S/C19H30BNO2/c1-17(2,3)15-10-8-14(9-11-15)12-16(13-21)20-22-18(4,5)19(6,7)23-20/h8-12H,13,21H2,1-7H3. The molecule has 1 aromatic rings. The lowest BCUT2D eigenvalue weighted by Crippen LogP contribution is -2.41. The van der Waals surface area contributed by atoms with Crippen LogP contribution < -0.4 is 5.73 Å². The lowest BCUT2D eigenvalue weighted by molar-refractivity contribution is 0.00578. The second kappa shape index (κ2) is 6.08. The van der Waals surface area contributed by atoms with E-state index in [0.29, 0.717) is 6.54 Å². The molecule has 1 aliphatic rings. The van der Waals surface area contributed by atoms with E-state index in [2.05, 4.69) is 78.8 Å². The minimum absolute atomic E-state index is 0.157. The molecule has 1 fully saturated rings. The number of nitrogens with two attached hydrogens (primary N) is 1. The van der Waals surface area contributed by atoms with Crippen LogP contribution in [0.5, 0.6) is 0 Å². The van der Waals surface area contributed by atoms with Crippen molar-refractivity contribution in [2.24, 2.45) is 5.73 Å². The second-order valence-corrected chi connectivity index (χ2v) is 8.38. The molecule has 1 saturated heterocycles. The molecule has 2 N–H and O–H groups in total. The van der Waals surface area contributed by atoms with E-state index in [1.807, 2.05) is 0 Å². The van der Waals surface area contributed by atoms with E-state index in [1.165, 1.54) is 5.56 Å². The molecule has 2 rings (SSSR count). The molecule has 0 radical (unpaired) electrons. The van der Waals surface area contributed by atoms with Crippen molar-refractivity contribution in [2.75, 3.05) is 6.54 Å². The minimum Gasteiger partial charge on any atom is -0.400 e. The van der Waals surface area contributed by atoms with Gasteiger partial charge in [-0.15, -0.1) is 0 Å². The quantitative estimate of drug-likeness (QED) is 0.859. The zero-order valence-corrected chi connectivity index (χ0v) is 15.6. The molecule has 1 aromatic carbocycles. The Hall–Kier alpha value is -1.10. The van der Waals surface area contributed by atoms with Crippen molar-refractivity contribution in [1.82, 2.24) is 0 Å². The van der Waals surface area contributed by atoms with Crippen LogP contribution in [0.25, 0.3) is 6.08 Å². The van der Waals surface area contributed by atoms with Crippen LogP contribution in [0, 0.1) is 0 Å². The van der Waals surface area contributed by atoms with E-state index in [-0.39, 0.29) is 23.7 Å². The third-order valence-electron chi connectivity index (χ3n) is 4.92. The lowest BCUT2D eigenvalue weighted by atomic mass is 9.77. The monoisotopic (exact) mass is 315 g/mol. The molecule has 0 spiro atoms. The Kier molecular flexibility index (Phi) is 4.82. The van der Waals surface area contributed by atoms with Crippen molar-refractivity contribution in [3.63, 3.8) is 0 Å². The highest BCUT2D eigenvalue weighted by Crippen LogP contribution is 2.38. The van der Waals surface area contributed by atoms with Gasteiger partial charge < -0.3 is 15.0 Å². The maximum Gasteiger partial charge on any atom is 0.491 e. The molecule has 1 heterocycles. The minimum atomic E-state index is -0.382. The maximum absolute atomic E-state index is 6.10. The average molecular weight is 315 g/mol. The van der Waals surface area contributed by atoms with Gasteiger partial charge >= 0.3 is 7.12 Å². The summed E-state index contributed by atoms with van der Waals surface area (Å²) in [5.74, 6) is 0. The fraction of sp³-hybridized carbons (Fsp3) is 0.579. The van der Waals surface area contributed by atoms with Crippen molar-refractivity contribution >= 4 is 13.2 Å². The smallest absolute Gasteiger partial charge is 0.400 e. The van der Waals surface area contributed by atoms with Crippen molar-refractivity contribution < 1.29 is 9.31 Å². The first-order valence-electron chi connectivity index (χ1n) is 8.33. The largest absolute Gasteiger partial charge is 0.491 e. The molecular weight excluding hydrogens is 285 g/mol. The second-order valence-electron chi connectivity index (χ2n) is 8.38. The maximum atomic E-state index is 6.10. The normalized spacial score (nSPS) is 20.9. The molecule has 4 heteroatoms. The molecule has 0 unspecified atom stereocenters. The Morgan fingerprint density at radius 1 is 1.04 bits per heavy atom. The van der Waals surface area contributed by atoms with Gasteiger partial charge in [0.15, 0.2) is 0 Å². The summed E-state index contributed by atoms with van der Waals surface area (Å²) in [5.41, 5.74) is 8.82. The van der Waals surface area contributed by atoms with Crippen LogP contribution in [-0.2, 0) is 14.7 Å². The van der Waals surface area contributed by atoms with Crippen LogP contribution in [0.2, 0.25) is 0 Å². The van der Waals surface area contributed by atoms with Crippen LogP contribution in [0.1, 0.15) is 59.6 Å². The van der Waals surface area contributed by atoms with Gasteiger partial charge in [-0.3, -0.25) is 0 Å². The molecule has 23 heavy (non-hydrogen) atoms. The van der Waals surface area contributed by atoms with Gasteiger partial charge in [-0.2, -0.15) is 0 Å². The van der Waals surface area contributed by atoms with Crippen molar-refractivity contribution in [3.8, 4) is 0 Å². The Balaban J connectivity index is 2.23. The van der Waals surface area contributed by atoms with Gasteiger partial charge in [-0.1, -0.05) is 51.1 Å². The third-order valence-corrected chi connectivity index (χ3v) is 4.92. The van der Waals surface area contributed by atoms with Gasteiger partial charge in [0, 0.05) is 6.54 Å². The summed E-state index contributed by atoms with van der Waals surface area (Å²) in [6, 6.07) is 8.59. The summed E-state index contributed by atoms with van der Waals surface area (Å²) in [6.45, 7) is 15.3. The fourth-order valence-electron chi connectivity index (χ4n) is 2.51. The first kappa shape index (κ1) is 18.2. The zero-order chi connectivity index (χ0) is 17.5. The fourth-order valence-corrected chi connectivity index (χ4v) is 2.51. The van der Waals surface area contributed by atoms with E-state index < -0.39 is 0 Å². The Bertz CT molecular complexity index is 566. The summed E-state index contributed by atoms with van der Waals surface area (Å²) < 4.78 is 12.2. The number of hydrogen-bond donors (Lipinski definition) is 1. The predicted octanol–water partition coefficient (Wildman–Crippen LogP) is 3.96. The van der Waals surface area contributed by atoms with Crippen molar-refractivity contribution in [2.45, 2.75) is 65.1 Å². The molecule has 1 aliphatic heterocycles. The Morgan fingerprint density at radius 3 is 1.91 bits per heavy atom. The van der Waals surface area contributed by atoms with Crippen LogP contribution in [0.15, 0.2) is 29.7 Å². The molecule has 0 amide bonds. The number of benzene rings is 1. The van der Waals surface area contributed by atoms with Crippen molar-refractivity contribution in [1.29, 1.82) is 0 Å². The summed E-state index contributed by atoms with van der Waals surface area (Å²) in [5, 5.41) is 0. The van der Waals surface area contributed by atoms with Crippen LogP contribution >= 0.6 is 0 Å². The van der Waals surface area contributed by atoms with E-state index in [9.17, 15) is 0 Å². The molecule has 0 aliphatic carbocycles. The molecule has 0 atom stereocenters. The lowest BCUT2D eigenvalue weighted by Gasteiger charge is -2.32. The van der Waals surface area contributed by atoms with Crippen LogP contribution in [-0.4, -0.2) is 24.9 Å². The van der Waals surface area contributed by atoms with Gasteiger partial charge in [0.1, 0.15) is 0 Å². The molecule has 0 aromatic heterocycles. The van der Waals surface area contributed by atoms with E-state index >= 15 is 0 Å². The van der Waals surface area contributed by atoms with Gasteiger partial charge in [-0.25, -0.2) is 0 Å². The van der Waals surface area contributed by atoms with E-state index in [4.69, 9.17) is 15.0 Å². The van der Waals surface area contributed by atoms with E-state index in [1.54, 1.807) is 0 Å². The highest BCUT2D eigenvalue weighted by atomic mass is 16.7. The molecule has 126 valence electrons. The summed E-state index contributed by atoms with van der Waals surface area (Å²) >= 11 is 0. The van der Waals surface area contributed by atoms with Crippen LogP contribution in [0.4, 0.5) is 0 Å². The van der Waals surface area contributed by atoms with Crippen LogP contribution in [0.3, 0.4) is 0 Å². The first-order chi connectivity index (χ1) is 10.5. The third kappa shape index (κ3) is 3.88. The number of rotatable bonds is 3. The topological polar surface area (TPSA) is 44.5 Å².